The fraction of sp³-hybridized carbons (Fsp3) is 1.00. The third kappa shape index (κ3) is 3.50. The van der Waals surface area contributed by atoms with E-state index in [1.807, 2.05) is 0 Å². The van der Waals surface area contributed by atoms with Crippen molar-refractivity contribution in [2.75, 3.05) is 0 Å². The molecule has 0 atom stereocenters. The Morgan fingerprint density at radius 1 is 0.500 bits per heavy atom. The van der Waals surface area contributed by atoms with E-state index in [0.717, 1.165) is 0 Å². The molecule has 2 rings (SSSR count). The zero-order valence-corrected chi connectivity index (χ0v) is 15.7. The van der Waals surface area contributed by atoms with E-state index in [9.17, 15) is 10.2 Å². The van der Waals surface area contributed by atoms with Gasteiger partial charge in [-0.05, 0) is 81.1 Å². The molecule has 4 N–H and O–H groups in total. The fourth-order valence-electron chi connectivity index (χ4n) is 5.72. The van der Waals surface area contributed by atoms with Gasteiger partial charge in [-0.2, -0.15) is 0 Å². The standard InChI is InChI=1S/C18H36N2O2/c1-13(2)9-17(21,10-14(3,4)19-13)18(22)11-15(5,6)20-16(7,8)12-18/h19-22H,9-12H2,1-8H3. The number of piperidine rings is 2. The molecule has 0 radical (unpaired) electrons. The van der Waals surface area contributed by atoms with Crippen molar-refractivity contribution < 1.29 is 10.2 Å². The summed E-state index contributed by atoms with van der Waals surface area (Å²) in [5, 5.41) is 30.3. The molecule has 0 amide bonds. The summed E-state index contributed by atoms with van der Waals surface area (Å²) < 4.78 is 0. The Morgan fingerprint density at radius 3 is 0.864 bits per heavy atom. The Balaban J connectivity index is 2.42. The zero-order valence-electron chi connectivity index (χ0n) is 15.7. The van der Waals surface area contributed by atoms with Crippen LogP contribution in [-0.4, -0.2) is 43.6 Å². The Bertz CT molecular complexity index is 378. The molecule has 0 aliphatic carbocycles. The summed E-state index contributed by atoms with van der Waals surface area (Å²) in [5.41, 5.74) is -2.97. The molecular formula is C18H36N2O2. The molecule has 0 aromatic rings. The van der Waals surface area contributed by atoms with Gasteiger partial charge in [0.1, 0.15) is 0 Å². The molecule has 0 bridgehead atoms. The van der Waals surface area contributed by atoms with Crippen molar-refractivity contribution in [2.24, 2.45) is 0 Å². The van der Waals surface area contributed by atoms with E-state index in [-0.39, 0.29) is 22.2 Å². The van der Waals surface area contributed by atoms with Gasteiger partial charge < -0.3 is 20.8 Å². The normalized spacial score (nSPS) is 34.1. The Kier molecular flexibility index (Phi) is 3.87. The van der Waals surface area contributed by atoms with Gasteiger partial charge in [0, 0.05) is 22.2 Å². The first kappa shape index (κ1) is 18.2. The van der Waals surface area contributed by atoms with E-state index in [2.05, 4.69) is 66.0 Å². The van der Waals surface area contributed by atoms with Gasteiger partial charge in [-0.25, -0.2) is 0 Å². The maximum absolute atomic E-state index is 11.6. The van der Waals surface area contributed by atoms with Gasteiger partial charge in [0.15, 0.2) is 0 Å². The van der Waals surface area contributed by atoms with E-state index >= 15 is 0 Å². The highest BCUT2D eigenvalue weighted by molar-refractivity contribution is 5.17. The maximum Gasteiger partial charge on any atom is 0.0969 e. The van der Waals surface area contributed by atoms with E-state index in [1.54, 1.807) is 0 Å². The summed E-state index contributed by atoms with van der Waals surface area (Å²) in [6, 6.07) is 0. The van der Waals surface area contributed by atoms with Crippen LogP contribution in [0.1, 0.15) is 81.1 Å². The van der Waals surface area contributed by atoms with Crippen molar-refractivity contribution in [1.82, 2.24) is 10.6 Å². The highest BCUT2D eigenvalue weighted by atomic mass is 16.4. The minimum absolute atomic E-state index is 0.203. The number of rotatable bonds is 1. The molecule has 4 heteroatoms. The largest absolute Gasteiger partial charge is 0.387 e. The smallest absolute Gasteiger partial charge is 0.0969 e. The highest BCUT2D eigenvalue weighted by Crippen LogP contribution is 2.50. The van der Waals surface area contributed by atoms with Crippen molar-refractivity contribution in [1.29, 1.82) is 0 Å². The second-order valence-electron chi connectivity index (χ2n) is 10.6. The van der Waals surface area contributed by atoms with E-state index < -0.39 is 11.2 Å². The van der Waals surface area contributed by atoms with Crippen molar-refractivity contribution >= 4 is 0 Å². The van der Waals surface area contributed by atoms with Crippen LogP contribution in [0.3, 0.4) is 0 Å². The summed E-state index contributed by atoms with van der Waals surface area (Å²) in [5.74, 6) is 0. The summed E-state index contributed by atoms with van der Waals surface area (Å²) in [6.07, 6.45) is 2.25. The fourth-order valence-corrected chi connectivity index (χ4v) is 5.72. The second kappa shape index (κ2) is 4.69. The van der Waals surface area contributed by atoms with Gasteiger partial charge in [0.25, 0.3) is 0 Å². The Hall–Kier alpha value is -0.160. The van der Waals surface area contributed by atoms with Crippen LogP contribution in [0.5, 0.6) is 0 Å². The zero-order chi connectivity index (χ0) is 17.2. The second-order valence-corrected chi connectivity index (χ2v) is 10.6. The van der Waals surface area contributed by atoms with Crippen molar-refractivity contribution in [3.8, 4) is 0 Å². The van der Waals surface area contributed by atoms with E-state index in [1.165, 1.54) is 0 Å². The molecule has 0 aromatic carbocycles. The van der Waals surface area contributed by atoms with Crippen LogP contribution >= 0.6 is 0 Å². The topological polar surface area (TPSA) is 64.5 Å². The van der Waals surface area contributed by atoms with Crippen LogP contribution in [0.15, 0.2) is 0 Å². The molecule has 0 saturated carbocycles. The molecule has 2 aliphatic heterocycles. The van der Waals surface area contributed by atoms with Crippen molar-refractivity contribution in [3.05, 3.63) is 0 Å². The van der Waals surface area contributed by atoms with Gasteiger partial charge in [0.05, 0.1) is 11.2 Å². The molecule has 4 nitrogen and oxygen atoms in total. The molecule has 0 spiro atoms. The molecular weight excluding hydrogens is 276 g/mol. The number of aliphatic hydroxyl groups is 2. The lowest BCUT2D eigenvalue weighted by atomic mass is 9.58. The minimum atomic E-state index is -1.08. The molecule has 0 unspecified atom stereocenters. The average Bonchev–Trinajstić information content (AvgIpc) is 2.02. The third-order valence-electron chi connectivity index (χ3n) is 5.16. The monoisotopic (exact) mass is 312 g/mol. The molecule has 2 fully saturated rings. The van der Waals surface area contributed by atoms with E-state index in [0.29, 0.717) is 25.7 Å². The predicted octanol–water partition coefficient (Wildman–Crippen LogP) is 2.33. The summed E-state index contributed by atoms with van der Waals surface area (Å²) in [4.78, 5) is 0. The molecule has 0 aromatic heterocycles. The van der Waals surface area contributed by atoms with E-state index in [4.69, 9.17) is 0 Å². The molecule has 2 heterocycles. The Labute approximate surface area is 136 Å². The van der Waals surface area contributed by atoms with Crippen LogP contribution in [0.4, 0.5) is 0 Å². The van der Waals surface area contributed by atoms with Gasteiger partial charge in [0.2, 0.25) is 0 Å². The summed E-state index contributed by atoms with van der Waals surface area (Å²) in [6.45, 7) is 16.9. The first-order chi connectivity index (χ1) is 9.49. The van der Waals surface area contributed by atoms with Gasteiger partial charge >= 0.3 is 0 Å². The van der Waals surface area contributed by atoms with Gasteiger partial charge in [-0.1, -0.05) is 0 Å². The summed E-state index contributed by atoms with van der Waals surface area (Å²) >= 11 is 0. The van der Waals surface area contributed by atoms with Crippen LogP contribution < -0.4 is 10.6 Å². The lowest BCUT2D eigenvalue weighted by molar-refractivity contribution is -0.221. The molecule has 130 valence electrons. The highest BCUT2D eigenvalue weighted by Gasteiger charge is 2.61. The van der Waals surface area contributed by atoms with Gasteiger partial charge in [-0.3, -0.25) is 0 Å². The number of hydrogen-bond donors (Lipinski definition) is 4. The summed E-state index contributed by atoms with van der Waals surface area (Å²) in [7, 11) is 0. The predicted molar refractivity (Wildman–Crippen MR) is 91.0 cm³/mol. The molecule has 22 heavy (non-hydrogen) atoms. The van der Waals surface area contributed by atoms with Gasteiger partial charge in [-0.15, -0.1) is 0 Å². The minimum Gasteiger partial charge on any atom is -0.387 e. The van der Waals surface area contributed by atoms with Crippen molar-refractivity contribution in [3.63, 3.8) is 0 Å². The first-order valence-corrected chi connectivity index (χ1v) is 8.53. The molecule has 2 saturated heterocycles. The quantitative estimate of drug-likeness (QED) is 0.600. The Morgan fingerprint density at radius 2 is 0.682 bits per heavy atom. The molecule has 2 aliphatic rings. The van der Waals surface area contributed by atoms with Crippen LogP contribution in [0.2, 0.25) is 0 Å². The number of hydrogen-bond acceptors (Lipinski definition) is 4. The lowest BCUT2D eigenvalue weighted by Gasteiger charge is -2.61. The SMILES string of the molecule is CC1(C)CC(O)(C2(O)CC(C)(C)NC(C)(C)C2)CC(C)(C)N1. The van der Waals surface area contributed by atoms with Crippen molar-refractivity contribution in [2.45, 2.75) is 114 Å². The lowest BCUT2D eigenvalue weighted by Crippen LogP contribution is -2.75. The first-order valence-electron chi connectivity index (χ1n) is 8.53. The maximum atomic E-state index is 11.6. The van der Waals surface area contributed by atoms with Crippen LogP contribution in [0, 0.1) is 0 Å². The number of nitrogens with one attached hydrogen (secondary N) is 2. The third-order valence-corrected chi connectivity index (χ3v) is 5.16. The average molecular weight is 312 g/mol. The van der Waals surface area contributed by atoms with Crippen LogP contribution in [-0.2, 0) is 0 Å². The van der Waals surface area contributed by atoms with Crippen LogP contribution in [0.25, 0.3) is 0 Å².